The number of nitrogens with zero attached hydrogens (tertiary/aromatic N) is 3. The highest BCUT2D eigenvalue weighted by Gasteiger charge is 2.53. The van der Waals surface area contributed by atoms with E-state index >= 15 is 0 Å². The smallest absolute Gasteiger partial charge is 0.325 e. The van der Waals surface area contributed by atoms with Gasteiger partial charge in [-0.05, 0) is 17.5 Å². The molecule has 1 fully saturated rings. The van der Waals surface area contributed by atoms with Crippen molar-refractivity contribution in [3.63, 3.8) is 0 Å². The van der Waals surface area contributed by atoms with Gasteiger partial charge in [-0.25, -0.2) is 4.79 Å². The van der Waals surface area contributed by atoms with Crippen LogP contribution in [0.1, 0.15) is 23.4 Å². The van der Waals surface area contributed by atoms with Crippen molar-refractivity contribution in [1.82, 2.24) is 20.4 Å². The van der Waals surface area contributed by atoms with Gasteiger partial charge in [-0.3, -0.25) is 9.69 Å². The van der Waals surface area contributed by atoms with E-state index in [0.29, 0.717) is 24.6 Å². The van der Waals surface area contributed by atoms with Gasteiger partial charge in [0.2, 0.25) is 11.7 Å². The Bertz CT molecular complexity index is 1220. The third-order valence-electron chi connectivity index (χ3n) is 5.79. The van der Waals surface area contributed by atoms with Crippen molar-refractivity contribution in [3.8, 4) is 11.4 Å². The average Bonchev–Trinajstić information content (AvgIpc) is 3.44. The molecule has 0 bridgehead atoms. The van der Waals surface area contributed by atoms with Crippen LogP contribution in [0.3, 0.4) is 0 Å². The number of rotatable bonds is 7. The van der Waals surface area contributed by atoms with Crippen LogP contribution in [0.4, 0.5) is 4.79 Å². The normalized spacial score (nSPS) is 15.0. The maximum Gasteiger partial charge on any atom is 0.325 e. The summed E-state index contributed by atoms with van der Waals surface area (Å²) in [5.74, 6) is 0.700. The second-order valence-electron chi connectivity index (χ2n) is 7.85. The molecule has 0 saturated carbocycles. The van der Waals surface area contributed by atoms with Gasteiger partial charge in [0.25, 0.3) is 5.91 Å². The number of amides is 3. The third kappa shape index (κ3) is 3.78. The lowest BCUT2D eigenvalue weighted by atomic mass is 9.82. The van der Waals surface area contributed by atoms with Gasteiger partial charge < -0.3 is 9.84 Å². The predicted molar refractivity (Wildman–Crippen MR) is 122 cm³/mol. The fourth-order valence-corrected chi connectivity index (χ4v) is 4.16. The summed E-state index contributed by atoms with van der Waals surface area (Å²) in [6.45, 7) is 0.245. The molecule has 1 N–H and O–H groups in total. The molecular weight excluding hydrogens is 416 g/mol. The Labute approximate surface area is 191 Å². The molecule has 164 valence electrons. The first-order chi connectivity index (χ1) is 16.2. The average molecular weight is 438 g/mol. The predicted octanol–water partition coefficient (Wildman–Crippen LogP) is 4.16. The first-order valence-electron chi connectivity index (χ1n) is 10.8. The SMILES string of the molecule is O=C1NC(c2ccccc2)(c2ccccc2)C(=O)N1CCCc1nc(-c2ccccc2)no1. The maximum atomic E-state index is 13.7. The van der Waals surface area contributed by atoms with Gasteiger partial charge in [0.15, 0.2) is 5.54 Å². The number of nitrogens with one attached hydrogen (secondary N) is 1. The van der Waals surface area contributed by atoms with Crippen molar-refractivity contribution < 1.29 is 14.1 Å². The molecular formula is C26H22N4O3. The molecule has 1 aliphatic rings. The van der Waals surface area contributed by atoms with Crippen LogP contribution in [0, 0.1) is 0 Å². The summed E-state index contributed by atoms with van der Waals surface area (Å²) in [5, 5.41) is 6.98. The number of carbonyl (C=O) groups excluding carboxylic acids is 2. The zero-order chi connectivity index (χ0) is 22.7. The van der Waals surface area contributed by atoms with E-state index in [1.807, 2.05) is 91.0 Å². The molecule has 4 aromatic rings. The monoisotopic (exact) mass is 438 g/mol. The van der Waals surface area contributed by atoms with Crippen LogP contribution in [-0.2, 0) is 16.8 Å². The minimum absolute atomic E-state index is 0.245. The highest BCUT2D eigenvalue weighted by atomic mass is 16.5. The summed E-state index contributed by atoms with van der Waals surface area (Å²) >= 11 is 0. The Kier molecular flexibility index (Phi) is 5.44. The van der Waals surface area contributed by atoms with Crippen molar-refractivity contribution in [2.75, 3.05) is 6.54 Å². The van der Waals surface area contributed by atoms with Crippen LogP contribution >= 0.6 is 0 Å². The fraction of sp³-hybridized carbons (Fsp3) is 0.154. The van der Waals surface area contributed by atoms with Gasteiger partial charge in [0, 0.05) is 18.5 Å². The fourth-order valence-electron chi connectivity index (χ4n) is 4.16. The third-order valence-corrected chi connectivity index (χ3v) is 5.79. The van der Waals surface area contributed by atoms with Crippen LogP contribution in [0.5, 0.6) is 0 Å². The van der Waals surface area contributed by atoms with E-state index in [2.05, 4.69) is 15.5 Å². The second kappa shape index (κ2) is 8.70. The first-order valence-corrected chi connectivity index (χ1v) is 10.8. The summed E-state index contributed by atoms with van der Waals surface area (Å²) in [7, 11) is 0. The minimum Gasteiger partial charge on any atom is -0.339 e. The summed E-state index contributed by atoms with van der Waals surface area (Å²) in [4.78, 5) is 32.3. The van der Waals surface area contributed by atoms with Gasteiger partial charge in [0.1, 0.15) is 0 Å². The molecule has 3 aromatic carbocycles. The number of aryl methyl sites for hydroxylation is 1. The zero-order valence-corrected chi connectivity index (χ0v) is 17.8. The lowest BCUT2D eigenvalue weighted by molar-refractivity contribution is -0.130. The topological polar surface area (TPSA) is 88.3 Å². The van der Waals surface area contributed by atoms with E-state index in [0.717, 1.165) is 16.7 Å². The lowest BCUT2D eigenvalue weighted by Crippen LogP contribution is -2.45. The summed E-state index contributed by atoms with van der Waals surface area (Å²) in [6.07, 6.45) is 0.968. The molecule has 5 rings (SSSR count). The molecule has 0 radical (unpaired) electrons. The quantitative estimate of drug-likeness (QED) is 0.438. The number of hydrogen-bond acceptors (Lipinski definition) is 5. The van der Waals surface area contributed by atoms with Crippen LogP contribution in [0.15, 0.2) is 95.5 Å². The van der Waals surface area contributed by atoms with Crippen LogP contribution in [0.2, 0.25) is 0 Å². The van der Waals surface area contributed by atoms with Crippen molar-refractivity contribution in [2.24, 2.45) is 0 Å². The Hall–Kier alpha value is -4.26. The highest BCUT2D eigenvalue weighted by molar-refractivity contribution is 6.09. The van der Waals surface area contributed by atoms with Crippen molar-refractivity contribution >= 4 is 11.9 Å². The largest absolute Gasteiger partial charge is 0.339 e. The van der Waals surface area contributed by atoms with Crippen LogP contribution in [0.25, 0.3) is 11.4 Å². The molecule has 2 heterocycles. The molecule has 0 aliphatic carbocycles. The number of carbonyl (C=O) groups is 2. The summed E-state index contributed by atoms with van der Waals surface area (Å²) in [5.41, 5.74) is 1.07. The molecule has 1 aliphatic heterocycles. The van der Waals surface area contributed by atoms with E-state index in [9.17, 15) is 9.59 Å². The minimum atomic E-state index is -1.25. The van der Waals surface area contributed by atoms with Crippen molar-refractivity contribution in [2.45, 2.75) is 18.4 Å². The Morgan fingerprint density at radius 1 is 0.818 bits per heavy atom. The number of benzene rings is 3. The van der Waals surface area contributed by atoms with Crippen molar-refractivity contribution in [3.05, 3.63) is 108 Å². The number of aromatic nitrogens is 2. The van der Waals surface area contributed by atoms with Crippen LogP contribution < -0.4 is 5.32 Å². The molecule has 1 saturated heterocycles. The molecule has 7 nitrogen and oxygen atoms in total. The highest BCUT2D eigenvalue weighted by Crippen LogP contribution is 2.36. The summed E-state index contributed by atoms with van der Waals surface area (Å²) < 4.78 is 5.35. The Morgan fingerprint density at radius 3 is 2.00 bits per heavy atom. The van der Waals surface area contributed by atoms with Gasteiger partial charge in [-0.2, -0.15) is 4.98 Å². The van der Waals surface area contributed by atoms with Crippen molar-refractivity contribution in [1.29, 1.82) is 0 Å². The molecule has 7 heteroatoms. The number of imide groups is 1. The van der Waals surface area contributed by atoms with Gasteiger partial charge in [-0.1, -0.05) is 96.2 Å². The number of urea groups is 1. The van der Waals surface area contributed by atoms with Gasteiger partial charge in [0.05, 0.1) is 0 Å². The molecule has 0 unspecified atom stereocenters. The lowest BCUT2D eigenvalue weighted by Gasteiger charge is -2.28. The van der Waals surface area contributed by atoms with E-state index in [1.165, 1.54) is 4.90 Å². The molecule has 1 aromatic heterocycles. The molecule has 3 amide bonds. The standard InChI is InChI=1S/C26H22N4O3/c31-24-26(20-13-6-2-7-14-20,21-15-8-3-9-16-21)28-25(32)30(24)18-10-17-22-27-23(29-33-22)19-11-4-1-5-12-19/h1-9,11-16H,10,17-18H2,(H,28,32). The van der Waals surface area contributed by atoms with E-state index in [-0.39, 0.29) is 12.5 Å². The summed E-state index contributed by atoms with van der Waals surface area (Å²) in [6, 6.07) is 27.8. The van der Waals surface area contributed by atoms with E-state index < -0.39 is 11.6 Å². The van der Waals surface area contributed by atoms with E-state index in [4.69, 9.17) is 4.52 Å². The molecule has 0 spiro atoms. The zero-order valence-electron chi connectivity index (χ0n) is 17.8. The second-order valence-corrected chi connectivity index (χ2v) is 7.85. The Balaban J connectivity index is 1.33. The Morgan fingerprint density at radius 2 is 1.39 bits per heavy atom. The molecule has 33 heavy (non-hydrogen) atoms. The molecule has 0 atom stereocenters. The van der Waals surface area contributed by atoms with Gasteiger partial charge >= 0.3 is 6.03 Å². The first kappa shape index (κ1) is 20.6. The maximum absolute atomic E-state index is 13.7. The van der Waals surface area contributed by atoms with E-state index in [1.54, 1.807) is 0 Å². The number of hydrogen-bond donors (Lipinski definition) is 1. The van der Waals surface area contributed by atoms with Crippen LogP contribution in [-0.4, -0.2) is 33.5 Å². The van der Waals surface area contributed by atoms with Gasteiger partial charge in [-0.15, -0.1) is 0 Å².